The van der Waals surface area contributed by atoms with Crippen molar-refractivity contribution in [2.45, 2.75) is 57.7 Å². The summed E-state index contributed by atoms with van der Waals surface area (Å²) < 4.78 is 5.76. The molecule has 1 aliphatic heterocycles. The minimum absolute atomic E-state index is 0.0140. The van der Waals surface area contributed by atoms with E-state index in [4.69, 9.17) is 17.0 Å². The van der Waals surface area contributed by atoms with Gasteiger partial charge < -0.3 is 9.64 Å². The Kier molecular flexibility index (Phi) is 4.06. The Balaban J connectivity index is 2.75. The molecule has 0 spiro atoms. The van der Waals surface area contributed by atoms with Crippen LogP contribution in [0.2, 0.25) is 0 Å². The van der Waals surface area contributed by atoms with Crippen LogP contribution in [0.5, 0.6) is 0 Å². The van der Waals surface area contributed by atoms with E-state index in [2.05, 4.69) is 0 Å². The van der Waals surface area contributed by atoms with Crippen LogP contribution in [-0.4, -0.2) is 46.4 Å². The molecule has 1 heterocycles. The van der Waals surface area contributed by atoms with E-state index in [1.54, 1.807) is 4.90 Å². The fourth-order valence-electron chi connectivity index (χ4n) is 2.50. The SMILES string of the molecule is CN(C)C(=S)OC1CC(C)(C)N([O])C(C)(C)C1. The lowest BCUT2D eigenvalue weighted by Gasteiger charge is -2.49. The van der Waals surface area contributed by atoms with Crippen molar-refractivity contribution >= 4 is 17.4 Å². The Morgan fingerprint density at radius 3 is 2.00 bits per heavy atom. The summed E-state index contributed by atoms with van der Waals surface area (Å²) in [5, 5.41) is 13.8. The number of thiocarbonyl (C=S) groups is 1. The predicted octanol–water partition coefficient (Wildman–Crippen LogP) is 2.22. The minimum atomic E-state index is -0.408. The summed E-state index contributed by atoms with van der Waals surface area (Å²) in [6, 6.07) is 0. The third-order valence-corrected chi connectivity index (χ3v) is 3.65. The molecule has 1 saturated heterocycles. The number of hydrogen-bond acceptors (Lipinski definition) is 3. The van der Waals surface area contributed by atoms with E-state index >= 15 is 0 Å². The van der Waals surface area contributed by atoms with Crippen LogP contribution in [-0.2, 0) is 9.94 Å². The third-order valence-electron chi connectivity index (χ3n) is 3.19. The zero-order valence-electron chi connectivity index (χ0n) is 11.6. The van der Waals surface area contributed by atoms with Gasteiger partial charge >= 0.3 is 0 Å². The number of ether oxygens (including phenoxy) is 1. The van der Waals surface area contributed by atoms with Gasteiger partial charge in [-0.3, -0.25) is 0 Å². The van der Waals surface area contributed by atoms with Crippen molar-refractivity contribution in [3.8, 4) is 0 Å². The van der Waals surface area contributed by atoms with Gasteiger partial charge in [0.15, 0.2) is 0 Å². The second-order valence-corrected chi connectivity index (χ2v) is 6.58. The maximum absolute atomic E-state index is 12.2. The molecule has 5 heteroatoms. The Morgan fingerprint density at radius 1 is 1.24 bits per heavy atom. The molecule has 99 valence electrons. The fraction of sp³-hybridized carbons (Fsp3) is 0.917. The van der Waals surface area contributed by atoms with Gasteiger partial charge in [0.05, 0.1) is 0 Å². The molecular weight excluding hydrogens is 236 g/mol. The lowest BCUT2D eigenvalue weighted by Crippen LogP contribution is -2.60. The molecule has 0 N–H and O–H groups in total. The first-order chi connectivity index (χ1) is 7.56. The Hall–Kier alpha value is -0.390. The molecule has 4 nitrogen and oxygen atoms in total. The molecule has 0 amide bonds. The fourth-order valence-corrected chi connectivity index (χ4v) is 2.64. The number of hydrogen-bond donors (Lipinski definition) is 0. The number of nitrogens with zero attached hydrogens (tertiary/aromatic N) is 2. The molecule has 0 saturated carbocycles. The van der Waals surface area contributed by atoms with Gasteiger partial charge in [0.2, 0.25) is 0 Å². The van der Waals surface area contributed by atoms with E-state index in [-0.39, 0.29) is 6.10 Å². The molecule has 0 aromatic rings. The number of hydroxylamine groups is 2. The van der Waals surface area contributed by atoms with Crippen LogP contribution >= 0.6 is 12.2 Å². The summed E-state index contributed by atoms with van der Waals surface area (Å²) in [7, 11) is 3.72. The molecule has 1 aliphatic rings. The highest BCUT2D eigenvalue weighted by Crippen LogP contribution is 2.38. The highest BCUT2D eigenvalue weighted by atomic mass is 32.1. The van der Waals surface area contributed by atoms with Crippen molar-refractivity contribution in [2.24, 2.45) is 0 Å². The summed E-state index contributed by atoms with van der Waals surface area (Å²) >= 11 is 5.15. The lowest BCUT2D eigenvalue weighted by molar-refractivity contribution is -0.297. The van der Waals surface area contributed by atoms with Crippen molar-refractivity contribution in [2.75, 3.05) is 14.1 Å². The first-order valence-corrected chi connectivity index (χ1v) is 6.32. The van der Waals surface area contributed by atoms with Crippen LogP contribution < -0.4 is 0 Å². The van der Waals surface area contributed by atoms with Gasteiger partial charge in [-0.05, 0) is 39.9 Å². The van der Waals surface area contributed by atoms with Crippen LogP contribution in [0.4, 0.5) is 0 Å². The van der Waals surface area contributed by atoms with Crippen molar-refractivity contribution in [1.29, 1.82) is 0 Å². The Labute approximate surface area is 109 Å². The highest BCUT2D eigenvalue weighted by Gasteiger charge is 2.47. The zero-order valence-corrected chi connectivity index (χ0v) is 12.4. The van der Waals surface area contributed by atoms with E-state index < -0.39 is 11.1 Å². The maximum Gasteiger partial charge on any atom is 0.259 e. The monoisotopic (exact) mass is 259 g/mol. The molecule has 1 rings (SSSR count). The van der Waals surface area contributed by atoms with E-state index in [0.717, 1.165) is 0 Å². The molecule has 1 radical (unpaired) electrons. The molecule has 0 aliphatic carbocycles. The van der Waals surface area contributed by atoms with Crippen LogP contribution in [0.1, 0.15) is 40.5 Å². The molecule has 1 fully saturated rings. The van der Waals surface area contributed by atoms with E-state index in [1.165, 1.54) is 5.06 Å². The van der Waals surface area contributed by atoms with Crippen molar-refractivity contribution in [3.05, 3.63) is 0 Å². The average molecular weight is 259 g/mol. The summed E-state index contributed by atoms with van der Waals surface area (Å²) in [6.07, 6.45) is 1.42. The van der Waals surface area contributed by atoms with Gasteiger partial charge in [-0.2, -0.15) is 0 Å². The zero-order chi connectivity index (χ0) is 13.4. The van der Waals surface area contributed by atoms with Crippen LogP contribution in [0.3, 0.4) is 0 Å². The predicted molar refractivity (Wildman–Crippen MR) is 71.1 cm³/mol. The van der Waals surface area contributed by atoms with Crippen molar-refractivity contribution < 1.29 is 9.94 Å². The maximum atomic E-state index is 12.2. The molecule has 0 aromatic heterocycles. The summed E-state index contributed by atoms with van der Waals surface area (Å²) in [5.41, 5.74) is -0.817. The second kappa shape index (κ2) is 4.71. The largest absolute Gasteiger partial charge is 0.467 e. The van der Waals surface area contributed by atoms with Gasteiger partial charge in [-0.1, -0.05) is 0 Å². The van der Waals surface area contributed by atoms with E-state index in [0.29, 0.717) is 18.0 Å². The van der Waals surface area contributed by atoms with Crippen LogP contribution in [0.15, 0.2) is 0 Å². The van der Waals surface area contributed by atoms with E-state index in [1.807, 2.05) is 41.8 Å². The van der Waals surface area contributed by atoms with Gasteiger partial charge in [-0.15, -0.1) is 10.3 Å². The Bertz CT molecular complexity index is 285. The molecule has 0 aromatic carbocycles. The van der Waals surface area contributed by atoms with Crippen molar-refractivity contribution in [3.63, 3.8) is 0 Å². The standard InChI is InChI=1S/C12H23N2O2S/c1-11(2)7-9(16-10(17)13(5)6)8-12(3,4)14(11)15/h9H,7-8H2,1-6H3. The van der Waals surface area contributed by atoms with E-state index in [9.17, 15) is 5.21 Å². The minimum Gasteiger partial charge on any atom is -0.467 e. The molecule has 17 heavy (non-hydrogen) atoms. The highest BCUT2D eigenvalue weighted by molar-refractivity contribution is 7.80. The van der Waals surface area contributed by atoms with Crippen molar-refractivity contribution in [1.82, 2.24) is 9.96 Å². The lowest BCUT2D eigenvalue weighted by atomic mass is 9.80. The Morgan fingerprint density at radius 2 is 1.65 bits per heavy atom. The summed E-state index contributed by atoms with van der Waals surface area (Å²) in [6.45, 7) is 7.82. The van der Waals surface area contributed by atoms with Crippen LogP contribution in [0.25, 0.3) is 0 Å². The molecule has 0 atom stereocenters. The van der Waals surface area contributed by atoms with Gasteiger partial charge in [0.1, 0.15) is 6.10 Å². The third kappa shape index (κ3) is 3.30. The average Bonchev–Trinajstić information content (AvgIpc) is 2.12. The molecule has 0 bridgehead atoms. The summed E-state index contributed by atoms with van der Waals surface area (Å²) in [5.74, 6) is 0. The summed E-state index contributed by atoms with van der Waals surface area (Å²) in [4.78, 5) is 1.78. The van der Waals surface area contributed by atoms with Gasteiger partial charge in [0.25, 0.3) is 5.17 Å². The van der Waals surface area contributed by atoms with Crippen LogP contribution in [0, 0.1) is 0 Å². The topological polar surface area (TPSA) is 35.6 Å². The van der Waals surface area contributed by atoms with Gasteiger partial charge in [-0.25, -0.2) is 0 Å². The normalized spacial score (nSPS) is 24.4. The molecular formula is C12H23N2O2S. The second-order valence-electron chi connectivity index (χ2n) is 6.23. The number of rotatable bonds is 1. The van der Waals surface area contributed by atoms with Gasteiger partial charge in [0, 0.05) is 38.0 Å². The quantitative estimate of drug-likeness (QED) is 0.676. The number of piperidine rings is 1. The smallest absolute Gasteiger partial charge is 0.259 e. The molecule has 0 unspecified atom stereocenters. The first-order valence-electron chi connectivity index (χ1n) is 5.92. The first kappa shape index (κ1) is 14.7.